The Hall–Kier alpha value is -3.88. The number of tetrazole rings is 1. The second-order valence-corrected chi connectivity index (χ2v) is 5.56. The average Bonchev–Trinajstić information content (AvgIpc) is 3.21. The number of hydrogen-bond donors (Lipinski definition) is 3. The molecule has 9 nitrogen and oxygen atoms in total. The molecule has 26 heavy (non-hydrogen) atoms. The summed E-state index contributed by atoms with van der Waals surface area (Å²) in [5.41, 5.74) is 7.98. The van der Waals surface area contributed by atoms with Gasteiger partial charge in [0.15, 0.2) is 0 Å². The minimum Gasteiger partial charge on any atom is -0.282 e. The molecule has 0 unspecified atom stereocenters. The van der Waals surface area contributed by atoms with Crippen molar-refractivity contribution in [2.45, 2.75) is 6.92 Å². The van der Waals surface area contributed by atoms with Crippen LogP contribution in [0.4, 0.5) is 5.82 Å². The third-order valence-electron chi connectivity index (χ3n) is 3.78. The van der Waals surface area contributed by atoms with Crippen molar-refractivity contribution < 1.29 is 4.79 Å². The Kier molecular flexibility index (Phi) is 3.94. The maximum absolute atomic E-state index is 12.4. The lowest BCUT2D eigenvalue weighted by Crippen LogP contribution is -2.30. The molecule has 128 valence electrons. The minimum atomic E-state index is -0.356. The Balaban J connectivity index is 1.52. The summed E-state index contributed by atoms with van der Waals surface area (Å²) >= 11 is 0. The van der Waals surface area contributed by atoms with Gasteiger partial charge in [-0.3, -0.25) is 15.6 Å². The zero-order valence-corrected chi connectivity index (χ0v) is 13.8. The van der Waals surface area contributed by atoms with E-state index in [1.54, 1.807) is 24.3 Å². The number of hydrazine groups is 1. The van der Waals surface area contributed by atoms with Gasteiger partial charge in [0.25, 0.3) is 5.91 Å². The normalized spacial score (nSPS) is 10.7. The molecule has 4 rings (SSSR count). The number of aromatic nitrogens is 6. The van der Waals surface area contributed by atoms with E-state index in [0.29, 0.717) is 23.0 Å². The molecule has 0 fully saturated rings. The van der Waals surface area contributed by atoms with Crippen LogP contribution in [0.5, 0.6) is 0 Å². The van der Waals surface area contributed by atoms with Gasteiger partial charge in [-0.2, -0.15) is 5.21 Å². The van der Waals surface area contributed by atoms with Crippen LogP contribution in [0.1, 0.15) is 16.1 Å². The third kappa shape index (κ3) is 3.05. The number of H-pyrrole nitrogens is 1. The fraction of sp³-hybridized carbons (Fsp3) is 0.0588. The molecular formula is C17H14N8O. The van der Waals surface area contributed by atoms with Crippen LogP contribution >= 0.6 is 0 Å². The smallest absolute Gasteiger partial charge is 0.282 e. The Morgan fingerprint density at radius 3 is 2.81 bits per heavy atom. The zero-order valence-electron chi connectivity index (χ0n) is 13.8. The van der Waals surface area contributed by atoms with Gasteiger partial charge in [0.05, 0.1) is 5.52 Å². The van der Waals surface area contributed by atoms with E-state index in [2.05, 4.69) is 41.4 Å². The SMILES string of the molecule is Cc1cc(C(=O)NNc2cccc(-c3nn[nH]n3)n2)nc2ccccc12. The number of aryl methyl sites for hydroxylation is 1. The quantitative estimate of drug-likeness (QED) is 0.482. The van der Waals surface area contributed by atoms with E-state index in [-0.39, 0.29) is 5.91 Å². The molecule has 0 aliphatic rings. The largest absolute Gasteiger partial charge is 0.288 e. The van der Waals surface area contributed by atoms with Crippen molar-refractivity contribution >= 4 is 22.6 Å². The lowest BCUT2D eigenvalue weighted by atomic mass is 10.1. The monoisotopic (exact) mass is 346 g/mol. The van der Waals surface area contributed by atoms with E-state index in [9.17, 15) is 4.79 Å². The summed E-state index contributed by atoms with van der Waals surface area (Å²) in [5.74, 6) is 0.454. The summed E-state index contributed by atoms with van der Waals surface area (Å²) in [6.07, 6.45) is 0. The number of carbonyl (C=O) groups is 1. The molecule has 0 aliphatic carbocycles. The number of nitrogens with one attached hydrogen (secondary N) is 3. The van der Waals surface area contributed by atoms with E-state index >= 15 is 0 Å². The Bertz CT molecular complexity index is 1080. The molecule has 0 aliphatic heterocycles. The van der Waals surface area contributed by atoms with Crippen molar-refractivity contribution in [2.75, 3.05) is 5.43 Å². The molecule has 0 spiro atoms. The van der Waals surface area contributed by atoms with Gasteiger partial charge in [0.1, 0.15) is 17.2 Å². The molecule has 1 aromatic carbocycles. The second kappa shape index (κ2) is 6.55. The number of aromatic amines is 1. The minimum absolute atomic E-state index is 0.322. The Morgan fingerprint density at radius 1 is 1.08 bits per heavy atom. The first-order valence-corrected chi connectivity index (χ1v) is 7.84. The highest BCUT2D eigenvalue weighted by molar-refractivity contribution is 5.96. The topological polar surface area (TPSA) is 121 Å². The van der Waals surface area contributed by atoms with E-state index < -0.39 is 0 Å². The van der Waals surface area contributed by atoms with Gasteiger partial charge < -0.3 is 0 Å². The first-order valence-electron chi connectivity index (χ1n) is 7.84. The predicted molar refractivity (Wildman–Crippen MR) is 95.0 cm³/mol. The molecule has 3 heterocycles. The number of pyridine rings is 2. The van der Waals surface area contributed by atoms with Gasteiger partial charge in [-0.15, -0.1) is 10.2 Å². The number of carbonyl (C=O) groups excluding carboxylic acids is 1. The Morgan fingerprint density at radius 2 is 1.96 bits per heavy atom. The average molecular weight is 346 g/mol. The van der Waals surface area contributed by atoms with Crippen molar-refractivity contribution in [1.82, 2.24) is 36.0 Å². The number of amides is 1. The zero-order chi connectivity index (χ0) is 17.9. The summed E-state index contributed by atoms with van der Waals surface area (Å²) in [5, 5.41) is 14.6. The number of benzene rings is 1. The first-order chi connectivity index (χ1) is 12.7. The van der Waals surface area contributed by atoms with E-state index in [1.807, 2.05) is 31.2 Å². The predicted octanol–water partition coefficient (Wildman–Crippen LogP) is 1.88. The lowest BCUT2D eigenvalue weighted by molar-refractivity contribution is 0.0958. The van der Waals surface area contributed by atoms with Crippen LogP contribution in [0.15, 0.2) is 48.5 Å². The van der Waals surface area contributed by atoms with E-state index in [0.717, 1.165) is 16.5 Å². The number of para-hydroxylation sites is 1. The van der Waals surface area contributed by atoms with Gasteiger partial charge in [-0.05, 0) is 42.0 Å². The van der Waals surface area contributed by atoms with Crippen LogP contribution in [0.2, 0.25) is 0 Å². The molecule has 4 aromatic rings. The first kappa shape index (κ1) is 15.6. The summed E-state index contributed by atoms with van der Waals surface area (Å²) in [7, 11) is 0. The van der Waals surface area contributed by atoms with Gasteiger partial charge in [0, 0.05) is 5.39 Å². The van der Waals surface area contributed by atoms with Crippen molar-refractivity contribution in [2.24, 2.45) is 0 Å². The molecule has 0 atom stereocenters. The molecule has 3 N–H and O–H groups in total. The fourth-order valence-electron chi connectivity index (χ4n) is 2.55. The van der Waals surface area contributed by atoms with Gasteiger partial charge >= 0.3 is 0 Å². The molecule has 9 heteroatoms. The van der Waals surface area contributed by atoms with Gasteiger partial charge in [-0.1, -0.05) is 24.3 Å². The number of rotatable bonds is 4. The van der Waals surface area contributed by atoms with Crippen LogP contribution in [0.3, 0.4) is 0 Å². The van der Waals surface area contributed by atoms with Crippen molar-refractivity contribution in [3.8, 4) is 11.5 Å². The summed E-state index contributed by atoms with van der Waals surface area (Å²) < 4.78 is 0. The maximum atomic E-state index is 12.4. The molecule has 1 amide bonds. The highest BCUT2D eigenvalue weighted by Gasteiger charge is 2.11. The summed E-state index contributed by atoms with van der Waals surface area (Å²) in [6, 6.07) is 14.7. The van der Waals surface area contributed by atoms with Crippen LogP contribution in [-0.2, 0) is 0 Å². The Labute approximate surface area is 147 Å². The standard InChI is InChI=1S/C17H14N8O/c1-10-9-14(18-12-6-3-2-5-11(10)12)17(26)23-20-15-8-4-7-13(19-15)16-21-24-25-22-16/h2-9H,1H3,(H,19,20)(H,23,26)(H,21,22,24,25). The maximum Gasteiger partial charge on any atom is 0.288 e. The van der Waals surface area contributed by atoms with E-state index in [4.69, 9.17) is 0 Å². The van der Waals surface area contributed by atoms with Gasteiger partial charge in [-0.25, -0.2) is 9.97 Å². The molecule has 0 radical (unpaired) electrons. The number of anilines is 1. The van der Waals surface area contributed by atoms with Gasteiger partial charge in [0.2, 0.25) is 5.82 Å². The van der Waals surface area contributed by atoms with E-state index in [1.165, 1.54) is 0 Å². The molecule has 3 aromatic heterocycles. The van der Waals surface area contributed by atoms with Crippen molar-refractivity contribution in [1.29, 1.82) is 0 Å². The van der Waals surface area contributed by atoms with Crippen LogP contribution in [0, 0.1) is 6.92 Å². The number of fused-ring (bicyclic) bond motifs is 1. The number of nitrogens with zero attached hydrogens (tertiary/aromatic N) is 5. The third-order valence-corrected chi connectivity index (χ3v) is 3.78. The highest BCUT2D eigenvalue weighted by atomic mass is 16.2. The molecular weight excluding hydrogens is 332 g/mol. The lowest BCUT2D eigenvalue weighted by Gasteiger charge is -2.09. The number of hydrogen-bond acceptors (Lipinski definition) is 7. The molecule has 0 saturated carbocycles. The summed E-state index contributed by atoms with van der Waals surface area (Å²) in [4.78, 5) is 21.1. The van der Waals surface area contributed by atoms with Crippen LogP contribution in [-0.4, -0.2) is 36.5 Å². The van der Waals surface area contributed by atoms with Crippen LogP contribution < -0.4 is 10.9 Å². The van der Waals surface area contributed by atoms with Crippen molar-refractivity contribution in [3.05, 3.63) is 59.8 Å². The van der Waals surface area contributed by atoms with Crippen LogP contribution in [0.25, 0.3) is 22.4 Å². The molecule has 0 saturated heterocycles. The fourth-order valence-corrected chi connectivity index (χ4v) is 2.55. The molecule has 0 bridgehead atoms. The summed E-state index contributed by atoms with van der Waals surface area (Å²) in [6.45, 7) is 1.95. The van der Waals surface area contributed by atoms with Crippen molar-refractivity contribution in [3.63, 3.8) is 0 Å². The second-order valence-electron chi connectivity index (χ2n) is 5.56. The highest BCUT2D eigenvalue weighted by Crippen LogP contribution is 2.17.